The molecule has 0 aromatic carbocycles. The predicted octanol–water partition coefficient (Wildman–Crippen LogP) is -0.299. The van der Waals surface area contributed by atoms with E-state index >= 15 is 0 Å². The quantitative estimate of drug-likeness (QED) is 0.470. The molecule has 3 heterocycles. The first-order chi connectivity index (χ1) is 6.68. The molecule has 3 unspecified atom stereocenters. The van der Waals surface area contributed by atoms with Crippen LogP contribution in [0.2, 0.25) is 0 Å². The Hall–Kier alpha value is -0.670. The van der Waals surface area contributed by atoms with Gasteiger partial charge in [0.25, 0.3) is 0 Å². The van der Waals surface area contributed by atoms with E-state index in [1.807, 2.05) is 0 Å². The van der Waals surface area contributed by atoms with Gasteiger partial charge in [-0.25, -0.2) is 0 Å². The molecule has 0 aromatic heterocycles. The maximum atomic E-state index is 5.66. The van der Waals surface area contributed by atoms with Crippen LogP contribution in [0, 0.1) is 6.07 Å². The minimum Gasteiger partial charge on any atom is -0.306 e. The Labute approximate surface area is 82.5 Å². The molecule has 3 aliphatic heterocycles. The van der Waals surface area contributed by atoms with Gasteiger partial charge in [-0.1, -0.05) is 0 Å². The Kier molecular flexibility index (Phi) is 1.41. The van der Waals surface area contributed by atoms with Gasteiger partial charge in [-0.15, -0.1) is 0 Å². The van der Waals surface area contributed by atoms with Gasteiger partial charge in [0.15, 0.2) is 5.54 Å². The molecule has 2 fully saturated rings. The summed E-state index contributed by atoms with van der Waals surface area (Å²) in [6, 6.07) is 2.94. The summed E-state index contributed by atoms with van der Waals surface area (Å²) in [6.07, 6.45) is 0.985. The van der Waals surface area contributed by atoms with Gasteiger partial charge in [0.05, 0.1) is 19.3 Å². The highest BCUT2D eigenvalue weighted by Crippen LogP contribution is 2.51. The van der Waals surface area contributed by atoms with Crippen LogP contribution in [0.3, 0.4) is 0 Å². The third-order valence-corrected chi connectivity index (χ3v) is 3.70. The molecule has 14 heavy (non-hydrogen) atoms. The lowest BCUT2D eigenvalue weighted by Crippen LogP contribution is -2.69. The van der Waals surface area contributed by atoms with Crippen molar-refractivity contribution >= 4 is 0 Å². The first-order valence-corrected chi connectivity index (χ1v) is 4.86. The summed E-state index contributed by atoms with van der Waals surface area (Å²) in [5, 5.41) is 3.40. The van der Waals surface area contributed by atoms with Crippen LogP contribution in [-0.2, 0) is 9.57 Å². The van der Waals surface area contributed by atoms with E-state index in [2.05, 4.69) is 28.6 Å². The van der Waals surface area contributed by atoms with E-state index in [0.29, 0.717) is 0 Å². The van der Waals surface area contributed by atoms with Crippen molar-refractivity contribution in [1.82, 2.24) is 10.8 Å². The second kappa shape index (κ2) is 2.28. The average Bonchev–Trinajstić information content (AvgIpc) is 2.98. The van der Waals surface area contributed by atoms with Gasteiger partial charge in [0.2, 0.25) is 0 Å². The van der Waals surface area contributed by atoms with Crippen LogP contribution in [0.5, 0.6) is 0 Å². The molecule has 3 rings (SSSR count). The first kappa shape index (κ1) is 8.62. The third kappa shape index (κ3) is 0.782. The molecule has 0 amide bonds. The van der Waals surface area contributed by atoms with Gasteiger partial charge in [0, 0.05) is 6.54 Å². The number of nitrogens with one attached hydrogen (secondary N) is 2. The number of hydrogen-bond acceptors (Lipinski definition) is 4. The Morgan fingerprint density at radius 1 is 1.64 bits per heavy atom. The molecule has 5 nitrogen and oxygen atoms in total. The van der Waals surface area contributed by atoms with E-state index in [-0.39, 0.29) is 11.1 Å². The van der Waals surface area contributed by atoms with E-state index in [4.69, 9.17) is 9.57 Å². The third-order valence-electron chi connectivity index (χ3n) is 3.70. The standard InChI is InChI=1S/C9H14N3O2/c1-7(12-13-2)8(5-10-8)3-4-14-9(7)6-11-9/h10,12H,3-5H2,1-2H3/q+1. The van der Waals surface area contributed by atoms with Gasteiger partial charge >= 0.3 is 11.8 Å². The molecule has 2 spiro atoms. The van der Waals surface area contributed by atoms with Crippen molar-refractivity contribution in [3.05, 3.63) is 4.85 Å². The Bertz CT molecular complexity index is 326. The van der Waals surface area contributed by atoms with E-state index < -0.39 is 5.72 Å². The predicted molar refractivity (Wildman–Crippen MR) is 49.8 cm³/mol. The van der Waals surface area contributed by atoms with Crippen molar-refractivity contribution in [2.24, 2.45) is 0 Å². The molecule has 2 saturated heterocycles. The summed E-state index contributed by atoms with van der Waals surface area (Å²) in [4.78, 5) is 9.21. The first-order valence-electron chi connectivity index (χ1n) is 4.86. The SMILES string of the molecule is CONC1(C)C2(CCOC13C#[N+]3)CN2. The van der Waals surface area contributed by atoms with Crippen LogP contribution in [0.4, 0.5) is 0 Å². The number of rotatable bonds is 2. The maximum absolute atomic E-state index is 5.66. The number of hydrogen-bond donors (Lipinski definition) is 2. The van der Waals surface area contributed by atoms with Crippen molar-refractivity contribution < 1.29 is 9.57 Å². The molecule has 0 radical (unpaired) electrons. The maximum Gasteiger partial charge on any atom is 0.537 e. The van der Waals surface area contributed by atoms with Crippen LogP contribution in [0.15, 0.2) is 0 Å². The average molecular weight is 196 g/mol. The summed E-state index contributed by atoms with van der Waals surface area (Å²) in [6.45, 7) is 3.78. The van der Waals surface area contributed by atoms with Crippen LogP contribution in [0.1, 0.15) is 13.3 Å². The minimum atomic E-state index is -0.592. The second-order valence-electron chi connectivity index (χ2n) is 4.33. The lowest BCUT2D eigenvalue weighted by atomic mass is 9.76. The molecular formula is C9H14N3O2+. The van der Waals surface area contributed by atoms with Crippen LogP contribution >= 0.6 is 0 Å². The highest BCUT2D eigenvalue weighted by atomic mass is 16.6. The Morgan fingerprint density at radius 2 is 2.36 bits per heavy atom. The zero-order valence-corrected chi connectivity index (χ0v) is 8.39. The van der Waals surface area contributed by atoms with Crippen LogP contribution in [-0.4, -0.2) is 37.1 Å². The fourth-order valence-corrected chi connectivity index (χ4v) is 2.44. The van der Waals surface area contributed by atoms with Crippen LogP contribution in [0.25, 0.3) is 4.85 Å². The van der Waals surface area contributed by atoms with Gasteiger partial charge in [-0.2, -0.15) is 5.48 Å². The summed E-state index contributed by atoms with van der Waals surface area (Å²) < 4.78 is 5.66. The van der Waals surface area contributed by atoms with Crippen molar-refractivity contribution in [2.45, 2.75) is 30.1 Å². The fraction of sp³-hybridized carbons (Fsp3) is 0.889. The molecule has 3 aliphatic rings. The lowest BCUT2D eigenvalue weighted by molar-refractivity contribution is -0.127. The number of ether oxygens (including phenoxy) is 1. The molecule has 5 heteroatoms. The molecular weight excluding hydrogens is 182 g/mol. The smallest absolute Gasteiger partial charge is 0.306 e. The van der Waals surface area contributed by atoms with Crippen molar-refractivity contribution in [3.8, 4) is 6.07 Å². The molecule has 3 atom stereocenters. The van der Waals surface area contributed by atoms with E-state index in [1.54, 1.807) is 7.11 Å². The van der Waals surface area contributed by atoms with E-state index in [1.165, 1.54) is 0 Å². The van der Waals surface area contributed by atoms with Gasteiger partial charge in [0.1, 0.15) is 0 Å². The van der Waals surface area contributed by atoms with Gasteiger partial charge in [-0.3, -0.25) is 4.74 Å². The summed E-state index contributed by atoms with van der Waals surface area (Å²) in [7, 11) is 1.62. The van der Waals surface area contributed by atoms with Crippen LogP contribution < -0.4 is 10.8 Å². The molecule has 0 bridgehead atoms. The summed E-state index contributed by atoms with van der Waals surface area (Å²) >= 11 is 0. The molecule has 0 saturated carbocycles. The molecule has 2 N–H and O–H groups in total. The van der Waals surface area contributed by atoms with Gasteiger partial charge < -0.3 is 10.2 Å². The van der Waals surface area contributed by atoms with Crippen molar-refractivity contribution in [1.29, 1.82) is 0 Å². The number of hydroxylamine groups is 1. The fourth-order valence-electron chi connectivity index (χ4n) is 2.44. The van der Waals surface area contributed by atoms with Gasteiger partial charge in [-0.05, 0) is 18.2 Å². The van der Waals surface area contributed by atoms with Crippen molar-refractivity contribution in [3.63, 3.8) is 0 Å². The summed E-state index contributed by atoms with van der Waals surface area (Å²) in [5.41, 5.74) is 2.15. The Balaban J connectivity index is 1.94. The second-order valence-corrected chi connectivity index (χ2v) is 4.33. The normalized spacial score (nSPS) is 53.0. The molecule has 76 valence electrons. The molecule has 0 aromatic rings. The summed E-state index contributed by atoms with van der Waals surface area (Å²) in [5.74, 6) is 0. The van der Waals surface area contributed by atoms with Crippen molar-refractivity contribution in [2.75, 3.05) is 20.3 Å². The lowest BCUT2D eigenvalue weighted by Gasteiger charge is -2.38. The highest BCUT2D eigenvalue weighted by Gasteiger charge is 2.83. The minimum absolute atomic E-state index is 0.0637. The topological polar surface area (TPSA) is 56.8 Å². The zero-order chi connectivity index (χ0) is 9.86. The largest absolute Gasteiger partial charge is 0.537 e. The van der Waals surface area contributed by atoms with E-state index in [0.717, 1.165) is 19.6 Å². The van der Waals surface area contributed by atoms with E-state index in [9.17, 15) is 0 Å². The highest BCUT2D eigenvalue weighted by molar-refractivity contribution is 5.46. The zero-order valence-electron chi connectivity index (χ0n) is 8.39. The number of nitrogens with zero attached hydrogens (tertiary/aromatic N) is 1. The molecule has 0 aliphatic carbocycles. The Morgan fingerprint density at radius 3 is 2.86 bits per heavy atom. The monoisotopic (exact) mass is 196 g/mol.